The number of alkyl carbamates (subject to hydrolysis) is 1. The van der Waals surface area contributed by atoms with E-state index in [1.54, 1.807) is 45.8 Å². The van der Waals surface area contributed by atoms with Gasteiger partial charge in [0.15, 0.2) is 0 Å². The summed E-state index contributed by atoms with van der Waals surface area (Å²) in [5.74, 6) is -0.0280. The van der Waals surface area contributed by atoms with E-state index in [2.05, 4.69) is 33.0 Å². The molecule has 1 unspecified atom stereocenters. The van der Waals surface area contributed by atoms with Crippen LogP contribution in [0.5, 0.6) is 5.75 Å². The maximum absolute atomic E-state index is 14.3. The van der Waals surface area contributed by atoms with Crippen molar-refractivity contribution >= 4 is 33.4 Å². The summed E-state index contributed by atoms with van der Waals surface area (Å²) in [5.41, 5.74) is 4.61. The molecule has 0 saturated heterocycles. The Morgan fingerprint density at radius 2 is 1.84 bits per heavy atom. The minimum absolute atomic E-state index is 0.0652. The number of hydrogen-bond acceptors (Lipinski definition) is 9. The van der Waals surface area contributed by atoms with Crippen molar-refractivity contribution in [3.8, 4) is 28.3 Å². The van der Waals surface area contributed by atoms with E-state index in [9.17, 15) is 14.0 Å². The SMILES string of the molecule is CN(C)C(=O)C1Cc2ccc(-c3nnc(-c4ccc(F)cc4OCCOCCNC(=O)OC(C)(C)C)c4sccc34)cc2CN1. The van der Waals surface area contributed by atoms with E-state index >= 15 is 0 Å². The third-order valence-electron chi connectivity index (χ3n) is 7.17. The van der Waals surface area contributed by atoms with Crippen LogP contribution in [0.25, 0.3) is 32.6 Å². The zero-order valence-electron chi connectivity index (χ0n) is 26.1. The number of likely N-dealkylation sites (N-methyl/N-ethyl adjacent to an activating group) is 1. The van der Waals surface area contributed by atoms with Crippen LogP contribution in [-0.4, -0.2) is 79.2 Å². The number of nitrogens with zero attached hydrogens (tertiary/aromatic N) is 3. The van der Waals surface area contributed by atoms with Gasteiger partial charge in [0.2, 0.25) is 5.91 Å². The molecular formula is C33H38FN5O5S. The van der Waals surface area contributed by atoms with Gasteiger partial charge in [-0.25, -0.2) is 9.18 Å². The summed E-state index contributed by atoms with van der Waals surface area (Å²) in [7, 11) is 3.53. The molecule has 0 spiro atoms. The fraction of sp³-hybridized carbons (Fsp3) is 0.394. The summed E-state index contributed by atoms with van der Waals surface area (Å²) >= 11 is 1.53. The largest absolute Gasteiger partial charge is 0.490 e. The normalized spacial score (nSPS) is 14.6. The van der Waals surface area contributed by atoms with Crippen LogP contribution in [0.1, 0.15) is 31.9 Å². The van der Waals surface area contributed by atoms with E-state index in [1.807, 2.05) is 17.5 Å². The summed E-state index contributed by atoms with van der Waals surface area (Å²) in [6.07, 6.45) is 0.126. The van der Waals surface area contributed by atoms with Crippen molar-refractivity contribution in [3.63, 3.8) is 0 Å². The molecule has 0 bridgehead atoms. The van der Waals surface area contributed by atoms with Crippen molar-refractivity contribution in [2.45, 2.75) is 45.4 Å². The monoisotopic (exact) mass is 635 g/mol. The first-order valence-corrected chi connectivity index (χ1v) is 15.7. The van der Waals surface area contributed by atoms with Gasteiger partial charge in [0.1, 0.15) is 35.2 Å². The first-order chi connectivity index (χ1) is 21.5. The number of hydrogen-bond donors (Lipinski definition) is 2. The highest BCUT2D eigenvalue weighted by molar-refractivity contribution is 7.17. The molecule has 2 aromatic heterocycles. The number of aromatic nitrogens is 2. The number of fused-ring (bicyclic) bond motifs is 2. The average Bonchev–Trinajstić information content (AvgIpc) is 3.49. The second-order valence-electron chi connectivity index (χ2n) is 11.9. The van der Waals surface area contributed by atoms with Crippen molar-refractivity contribution in [1.29, 1.82) is 0 Å². The Kier molecular flexibility index (Phi) is 9.96. The molecule has 45 heavy (non-hydrogen) atoms. The van der Waals surface area contributed by atoms with E-state index in [-0.39, 0.29) is 38.3 Å². The molecule has 238 valence electrons. The lowest BCUT2D eigenvalue weighted by molar-refractivity contribution is -0.131. The van der Waals surface area contributed by atoms with Crippen LogP contribution in [0.3, 0.4) is 0 Å². The third kappa shape index (κ3) is 7.94. The Morgan fingerprint density at radius 1 is 1.04 bits per heavy atom. The number of amides is 2. The third-order valence-corrected chi connectivity index (χ3v) is 8.09. The number of carbonyl (C=O) groups is 2. The molecular weight excluding hydrogens is 597 g/mol. The molecule has 0 saturated carbocycles. The number of halogens is 1. The van der Waals surface area contributed by atoms with E-state index in [1.165, 1.54) is 23.5 Å². The standard InChI is InChI=1S/C33H38FN5O5S/c1-33(2,3)44-32(41)35-11-12-42-13-14-43-27-18-23(34)8-9-24(27)29-30-25(10-15-45-30)28(37-38-29)21-7-6-20-17-26(31(40)39(4)5)36-19-22(20)16-21/h6-10,15-16,18,26,36H,11-14,17,19H2,1-5H3,(H,35,41). The van der Waals surface area contributed by atoms with Crippen molar-refractivity contribution in [3.05, 3.63) is 64.8 Å². The molecule has 2 N–H and O–H groups in total. The number of nitrogens with one attached hydrogen (secondary N) is 2. The molecule has 2 amide bonds. The van der Waals surface area contributed by atoms with E-state index in [4.69, 9.17) is 14.2 Å². The fourth-order valence-electron chi connectivity index (χ4n) is 5.08. The van der Waals surface area contributed by atoms with E-state index < -0.39 is 17.5 Å². The zero-order chi connectivity index (χ0) is 32.1. The minimum atomic E-state index is -0.570. The van der Waals surface area contributed by atoms with Gasteiger partial charge in [-0.15, -0.1) is 21.5 Å². The second-order valence-corrected chi connectivity index (χ2v) is 12.9. The Labute approximate surface area is 265 Å². The van der Waals surface area contributed by atoms with Crippen LogP contribution in [0.15, 0.2) is 47.8 Å². The number of ether oxygens (including phenoxy) is 3. The van der Waals surface area contributed by atoms with Crippen molar-refractivity contribution in [2.75, 3.05) is 40.5 Å². The molecule has 10 nitrogen and oxygen atoms in total. The maximum atomic E-state index is 14.3. The van der Waals surface area contributed by atoms with Gasteiger partial charge in [-0.05, 0) is 68.0 Å². The number of thiophene rings is 1. The van der Waals surface area contributed by atoms with Gasteiger partial charge in [-0.2, -0.15) is 0 Å². The highest BCUT2D eigenvalue weighted by Crippen LogP contribution is 2.39. The number of carbonyl (C=O) groups excluding carboxylic acids is 2. The van der Waals surface area contributed by atoms with Gasteiger partial charge in [0.25, 0.3) is 0 Å². The van der Waals surface area contributed by atoms with E-state index in [0.29, 0.717) is 30.0 Å². The smallest absolute Gasteiger partial charge is 0.407 e. The highest BCUT2D eigenvalue weighted by atomic mass is 32.1. The van der Waals surface area contributed by atoms with Crippen LogP contribution in [0.4, 0.5) is 9.18 Å². The highest BCUT2D eigenvalue weighted by Gasteiger charge is 2.26. The zero-order valence-corrected chi connectivity index (χ0v) is 26.9. The first-order valence-electron chi connectivity index (χ1n) is 14.8. The Hall–Kier alpha value is -4.13. The Morgan fingerprint density at radius 3 is 2.62 bits per heavy atom. The van der Waals surface area contributed by atoms with Gasteiger partial charge in [0, 0.05) is 49.8 Å². The van der Waals surface area contributed by atoms with Gasteiger partial charge in [-0.1, -0.05) is 12.1 Å². The molecule has 0 radical (unpaired) electrons. The molecule has 0 fully saturated rings. The first kappa shape index (κ1) is 32.3. The van der Waals surface area contributed by atoms with Crippen LogP contribution >= 0.6 is 11.3 Å². The van der Waals surface area contributed by atoms with Crippen molar-refractivity contribution < 1.29 is 28.2 Å². The maximum Gasteiger partial charge on any atom is 0.407 e. The summed E-state index contributed by atoms with van der Waals surface area (Å²) in [4.78, 5) is 25.8. The van der Waals surface area contributed by atoms with Crippen molar-refractivity contribution in [2.24, 2.45) is 0 Å². The van der Waals surface area contributed by atoms with Gasteiger partial charge < -0.3 is 29.7 Å². The van der Waals surface area contributed by atoms with Crippen LogP contribution < -0.4 is 15.4 Å². The Balaban J connectivity index is 1.27. The number of benzene rings is 2. The molecule has 3 heterocycles. The lowest BCUT2D eigenvalue weighted by Crippen LogP contribution is -2.47. The lowest BCUT2D eigenvalue weighted by atomic mass is 9.92. The van der Waals surface area contributed by atoms with Gasteiger partial charge in [-0.3, -0.25) is 4.79 Å². The molecule has 1 aliphatic heterocycles. The predicted molar refractivity (Wildman–Crippen MR) is 172 cm³/mol. The Bertz CT molecular complexity index is 1690. The molecule has 1 aliphatic rings. The summed E-state index contributed by atoms with van der Waals surface area (Å²) < 4.78 is 31.9. The predicted octanol–water partition coefficient (Wildman–Crippen LogP) is 5.19. The molecule has 4 aromatic rings. The van der Waals surface area contributed by atoms with Gasteiger partial charge >= 0.3 is 6.09 Å². The average molecular weight is 636 g/mol. The quantitative estimate of drug-likeness (QED) is 0.229. The lowest BCUT2D eigenvalue weighted by Gasteiger charge is -2.27. The topological polar surface area (TPSA) is 115 Å². The summed E-state index contributed by atoms with van der Waals surface area (Å²) in [5, 5.41) is 18.1. The molecule has 2 aromatic carbocycles. The molecule has 0 aliphatic carbocycles. The summed E-state index contributed by atoms with van der Waals surface area (Å²) in [6.45, 7) is 6.95. The minimum Gasteiger partial charge on any atom is -0.490 e. The molecule has 1 atom stereocenters. The molecule has 5 rings (SSSR count). The van der Waals surface area contributed by atoms with Crippen LogP contribution in [0, 0.1) is 5.82 Å². The van der Waals surface area contributed by atoms with Gasteiger partial charge in [0.05, 0.1) is 24.0 Å². The van der Waals surface area contributed by atoms with E-state index in [0.717, 1.165) is 32.5 Å². The van der Waals surface area contributed by atoms with Crippen LogP contribution in [-0.2, 0) is 27.2 Å². The fourth-order valence-corrected chi connectivity index (χ4v) is 5.97. The second kappa shape index (κ2) is 13.9. The van der Waals surface area contributed by atoms with Crippen LogP contribution in [0.2, 0.25) is 0 Å². The molecule has 12 heteroatoms. The number of rotatable bonds is 10. The van der Waals surface area contributed by atoms with Crippen molar-refractivity contribution in [1.82, 2.24) is 25.7 Å². The summed E-state index contributed by atoms with van der Waals surface area (Å²) in [6, 6.07) is 12.3.